The summed E-state index contributed by atoms with van der Waals surface area (Å²) in [5, 5.41) is 2.47. The maximum absolute atomic E-state index is 12.5. The van der Waals surface area contributed by atoms with Gasteiger partial charge in [-0.15, -0.1) is 0 Å². The van der Waals surface area contributed by atoms with Gasteiger partial charge in [-0.05, 0) is 35.9 Å². The third-order valence-electron chi connectivity index (χ3n) is 4.32. The lowest BCUT2D eigenvalue weighted by Gasteiger charge is -2.24. The fourth-order valence-corrected chi connectivity index (χ4v) is 4.27. The van der Waals surface area contributed by atoms with Gasteiger partial charge in [0.1, 0.15) is 5.75 Å². The van der Waals surface area contributed by atoms with Gasteiger partial charge in [-0.2, -0.15) is 4.31 Å². The first-order valence-corrected chi connectivity index (χ1v) is 9.73. The number of nitrogens with zero attached hydrogens (tertiary/aromatic N) is 1. The van der Waals surface area contributed by atoms with E-state index in [2.05, 4.69) is 5.32 Å². The van der Waals surface area contributed by atoms with Gasteiger partial charge in [0.05, 0.1) is 19.8 Å². The Morgan fingerprint density at radius 2 is 1.88 bits per heavy atom. The van der Waals surface area contributed by atoms with Gasteiger partial charge in [0.15, 0.2) is 5.76 Å². The first-order chi connectivity index (χ1) is 12.5. The van der Waals surface area contributed by atoms with E-state index in [1.54, 1.807) is 12.1 Å². The Morgan fingerprint density at radius 1 is 1.08 bits per heavy atom. The number of amides is 1. The molecule has 4 rings (SSSR count). The predicted molar refractivity (Wildman–Crippen MR) is 91.9 cm³/mol. The lowest BCUT2D eigenvalue weighted by molar-refractivity contribution is 0.0723. The van der Waals surface area contributed by atoms with Crippen LogP contribution in [0.2, 0.25) is 0 Å². The molecule has 0 unspecified atom stereocenters. The van der Waals surface area contributed by atoms with E-state index in [1.807, 2.05) is 6.07 Å². The first-order valence-electron chi connectivity index (χ1n) is 8.29. The van der Waals surface area contributed by atoms with Crippen LogP contribution in [0.3, 0.4) is 0 Å². The minimum Gasteiger partial charge on any atom is -0.493 e. The van der Waals surface area contributed by atoms with E-state index in [4.69, 9.17) is 13.9 Å². The summed E-state index contributed by atoms with van der Waals surface area (Å²) in [7, 11) is -3.77. The zero-order chi connectivity index (χ0) is 18.1. The molecular weight excluding hydrogens is 360 g/mol. The summed E-state index contributed by atoms with van der Waals surface area (Å²) < 4.78 is 42.3. The maximum atomic E-state index is 12.5. The van der Waals surface area contributed by atoms with E-state index in [9.17, 15) is 13.2 Å². The highest BCUT2D eigenvalue weighted by Gasteiger charge is 2.30. The topological polar surface area (TPSA) is 98.1 Å². The molecule has 8 nitrogen and oxygen atoms in total. The summed E-state index contributed by atoms with van der Waals surface area (Å²) in [6.07, 6.45) is 0.793. The molecule has 0 aliphatic carbocycles. The number of rotatable bonds is 4. The zero-order valence-corrected chi connectivity index (χ0v) is 14.8. The van der Waals surface area contributed by atoms with Crippen LogP contribution in [0.4, 0.5) is 5.69 Å². The second kappa shape index (κ2) is 6.75. The van der Waals surface area contributed by atoms with Crippen LogP contribution in [0.25, 0.3) is 0 Å². The predicted octanol–water partition coefficient (Wildman–Crippen LogP) is 1.49. The molecule has 1 amide bonds. The van der Waals surface area contributed by atoms with Gasteiger partial charge >= 0.3 is 0 Å². The molecule has 0 spiro atoms. The van der Waals surface area contributed by atoms with Crippen LogP contribution in [0.5, 0.6) is 5.75 Å². The van der Waals surface area contributed by atoms with E-state index in [0.29, 0.717) is 25.5 Å². The SMILES string of the molecule is O=C(Nc1ccc2c(c1)CCO2)c1ccc(S(=O)(=O)N2CCOCC2)o1. The molecule has 0 radical (unpaired) electrons. The van der Waals surface area contributed by atoms with Crippen LogP contribution in [0.15, 0.2) is 39.8 Å². The van der Waals surface area contributed by atoms with Crippen molar-refractivity contribution in [1.29, 1.82) is 0 Å². The molecule has 1 fully saturated rings. The van der Waals surface area contributed by atoms with Gasteiger partial charge in [-0.1, -0.05) is 0 Å². The third-order valence-corrected chi connectivity index (χ3v) is 6.09. The van der Waals surface area contributed by atoms with Crippen LogP contribution in [-0.4, -0.2) is 51.5 Å². The van der Waals surface area contributed by atoms with E-state index >= 15 is 0 Å². The Morgan fingerprint density at radius 3 is 2.69 bits per heavy atom. The summed E-state index contributed by atoms with van der Waals surface area (Å²) in [4.78, 5) is 12.4. The molecule has 26 heavy (non-hydrogen) atoms. The highest BCUT2D eigenvalue weighted by atomic mass is 32.2. The Labute approximate surface area is 150 Å². The number of morpholine rings is 1. The van der Waals surface area contributed by atoms with Crippen molar-refractivity contribution < 1.29 is 27.1 Å². The fourth-order valence-electron chi connectivity index (χ4n) is 2.95. The Balaban J connectivity index is 1.49. The van der Waals surface area contributed by atoms with E-state index in [0.717, 1.165) is 17.7 Å². The van der Waals surface area contributed by atoms with Gasteiger partial charge < -0.3 is 19.2 Å². The number of hydrogen-bond acceptors (Lipinski definition) is 6. The van der Waals surface area contributed by atoms with Crippen LogP contribution < -0.4 is 10.1 Å². The molecule has 1 aromatic carbocycles. The van der Waals surface area contributed by atoms with Crippen molar-refractivity contribution in [3.05, 3.63) is 41.7 Å². The number of benzene rings is 1. The van der Waals surface area contributed by atoms with Gasteiger partial charge in [-0.25, -0.2) is 8.42 Å². The molecule has 1 saturated heterocycles. The minimum absolute atomic E-state index is 0.0615. The number of nitrogens with one attached hydrogen (secondary N) is 1. The Hall–Kier alpha value is -2.36. The largest absolute Gasteiger partial charge is 0.493 e. The van der Waals surface area contributed by atoms with Crippen LogP contribution in [0.1, 0.15) is 16.1 Å². The minimum atomic E-state index is -3.77. The quantitative estimate of drug-likeness (QED) is 0.866. The summed E-state index contributed by atoms with van der Waals surface area (Å²) in [6, 6.07) is 8.04. The number of hydrogen-bond donors (Lipinski definition) is 1. The number of carbonyl (C=O) groups is 1. The van der Waals surface area contributed by atoms with Crippen LogP contribution >= 0.6 is 0 Å². The molecule has 3 heterocycles. The van der Waals surface area contributed by atoms with Gasteiger partial charge in [0.25, 0.3) is 15.9 Å². The van der Waals surface area contributed by atoms with Crippen LogP contribution in [0, 0.1) is 0 Å². The molecule has 0 bridgehead atoms. The average molecular weight is 378 g/mol. The van der Waals surface area contributed by atoms with Gasteiger partial charge in [-0.3, -0.25) is 4.79 Å². The van der Waals surface area contributed by atoms with Crippen molar-refractivity contribution >= 4 is 21.6 Å². The molecule has 2 aliphatic rings. The normalized spacial score (nSPS) is 17.5. The molecule has 2 aromatic rings. The molecule has 1 N–H and O–H groups in total. The van der Waals surface area contributed by atoms with Crippen molar-refractivity contribution in [1.82, 2.24) is 4.31 Å². The molecule has 0 atom stereocenters. The van der Waals surface area contributed by atoms with Crippen LogP contribution in [-0.2, 0) is 21.2 Å². The summed E-state index contributed by atoms with van der Waals surface area (Å²) >= 11 is 0. The highest BCUT2D eigenvalue weighted by Crippen LogP contribution is 2.28. The number of fused-ring (bicyclic) bond motifs is 1. The van der Waals surface area contributed by atoms with E-state index < -0.39 is 15.9 Å². The van der Waals surface area contributed by atoms with Crippen molar-refractivity contribution in [2.45, 2.75) is 11.5 Å². The summed E-state index contributed by atoms with van der Waals surface area (Å²) in [5.41, 5.74) is 1.63. The van der Waals surface area contributed by atoms with Crippen molar-refractivity contribution in [2.75, 3.05) is 38.2 Å². The average Bonchev–Trinajstić information content (AvgIpc) is 3.32. The monoisotopic (exact) mass is 378 g/mol. The number of ether oxygens (including phenoxy) is 2. The standard InChI is InChI=1S/C17H18N2O6S/c20-17(18-13-1-2-14-12(11-13)5-8-24-14)15-3-4-16(25-15)26(21,22)19-6-9-23-10-7-19/h1-4,11H,5-10H2,(H,18,20). The molecule has 2 aliphatic heterocycles. The summed E-state index contributed by atoms with van der Waals surface area (Å²) in [5.74, 6) is 0.251. The number of anilines is 1. The number of carbonyl (C=O) groups excluding carboxylic acids is 1. The third kappa shape index (κ3) is 3.20. The molecule has 0 saturated carbocycles. The Kier molecular flexibility index (Phi) is 4.43. The maximum Gasteiger partial charge on any atom is 0.291 e. The molecule has 9 heteroatoms. The van der Waals surface area contributed by atoms with Gasteiger partial charge in [0.2, 0.25) is 5.09 Å². The van der Waals surface area contributed by atoms with Crippen molar-refractivity contribution in [3.8, 4) is 5.75 Å². The molecule has 138 valence electrons. The number of sulfonamides is 1. The lowest BCUT2D eigenvalue weighted by Crippen LogP contribution is -2.40. The highest BCUT2D eigenvalue weighted by molar-refractivity contribution is 7.89. The second-order valence-electron chi connectivity index (χ2n) is 6.01. The van der Waals surface area contributed by atoms with E-state index in [1.165, 1.54) is 16.4 Å². The number of furan rings is 1. The van der Waals surface area contributed by atoms with Crippen molar-refractivity contribution in [2.24, 2.45) is 0 Å². The second-order valence-corrected chi connectivity index (χ2v) is 7.88. The molecule has 1 aromatic heterocycles. The van der Waals surface area contributed by atoms with E-state index in [-0.39, 0.29) is 23.9 Å². The van der Waals surface area contributed by atoms with Gasteiger partial charge in [0, 0.05) is 25.2 Å². The first kappa shape index (κ1) is 17.1. The molecular formula is C17H18N2O6S. The lowest BCUT2D eigenvalue weighted by atomic mass is 10.1. The fraction of sp³-hybridized carbons (Fsp3) is 0.353. The summed E-state index contributed by atoms with van der Waals surface area (Å²) in [6.45, 7) is 1.85. The van der Waals surface area contributed by atoms with Crippen molar-refractivity contribution in [3.63, 3.8) is 0 Å². The smallest absolute Gasteiger partial charge is 0.291 e. The zero-order valence-electron chi connectivity index (χ0n) is 13.9. The Bertz CT molecular complexity index is 930.